The third kappa shape index (κ3) is 6.45. The summed E-state index contributed by atoms with van der Waals surface area (Å²) >= 11 is 0. The van der Waals surface area contributed by atoms with Gasteiger partial charge in [-0.25, -0.2) is 4.79 Å². The first kappa shape index (κ1) is 24.1. The van der Waals surface area contributed by atoms with Crippen LogP contribution in [0.15, 0.2) is 36.5 Å². The first-order valence-corrected chi connectivity index (χ1v) is 11.5. The maximum Gasteiger partial charge on any atom is 0.407 e. The van der Waals surface area contributed by atoms with Crippen LogP contribution < -0.4 is 10.1 Å². The van der Waals surface area contributed by atoms with E-state index in [2.05, 4.69) is 49.3 Å². The molecule has 0 aliphatic heterocycles. The zero-order valence-electron chi connectivity index (χ0n) is 20.0. The molecule has 1 aliphatic rings. The van der Waals surface area contributed by atoms with Gasteiger partial charge in [0.15, 0.2) is 0 Å². The number of amides is 1. The molecule has 1 aromatic heterocycles. The lowest BCUT2D eigenvalue weighted by Crippen LogP contribution is -2.47. The molecule has 0 saturated heterocycles. The minimum Gasteiger partial charge on any atom is -0.496 e. The molecule has 2 aromatic rings. The van der Waals surface area contributed by atoms with Gasteiger partial charge in [0.25, 0.3) is 0 Å². The van der Waals surface area contributed by atoms with E-state index in [1.54, 1.807) is 12.0 Å². The molecule has 0 radical (unpaired) electrons. The lowest BCUT2D eigenvalue weighted by atomic mass is 9.88. The van der Waals surface area contributed by atoms with E-state index in [-0.39, 0.29) is 11.5 Å². The third-order valence-electron chi connectivity index (χ3n) is 6.13. The summed E-state index contributed by atoms with van der Waals surface area (Å²) in [6.07, 6.45) is 4.84. The smallest absolute Gasteiger partial charge is 0.407 e. The molecular formula is C26H37N3O3. The SMILES string of the molecule is COc1ccc(-c2ccc(C)nc2)cc1CNC1CCC(N(CC(C)(C)C)C(=O)O)CC1. The van der Waals surface area contributed by atoms with Crippen molar-refractivity contribution in [3.8, 4) is 16.9 Å². The second-order valence-electron chi connectivity index (χ2n) is 10.1. The topological polar surface area (TPSA) is 74.7 Å². The van der Waals surface area contributed by atoms with Crippen LogP contribution in [0, 0.1) is 12.3 Å². The van der Waals surface area contributed by atoms with Gasteiger partial charge in [-0.2, -0.15) is 0 Å². The minimum absolute atomic E-state index is 0.0397. The average Bonchev–Trinajstić information content (AvgIpc) is 2.76. The molecule has 0 bridgehead atoms. The predicted molar refractivity (Wildman–Crippen MR) is 128 cm³/mol. The summed E-state index contributed by atoms with van der Waals surface area (Å²) in [6.45, 7) is 9.54. The van der Waals surface area contributed by atoms with Gasteiger partial charge in [0.05, 0.1) is 7.11 Å². The van der Waals surface area contributed by atoms with E-state index < -0.39 is 6.09 Å². The highest BCUT2D eigenvalue weighted by Crippen LogP contribution is 2.29. The molecule has 0 unspecified atom stereocenters. The number of aryl methyl sites for hydroxylation is 1. The maximum atomic E-state index is 11.8. The molecule has 1 fully saturated rings. The number of methoxy groups -OCH3 is 1. The average molecular weight is 440 g/mol. The van der Waals surface area contributed by atoms with E-state index in [0.29, 0.717) is 12.6 Å². The number of carbonyl (C=O) groups is 1. The van der Waals surface area contributed by atoms with Gasteiger partial charge in [-0.1, -0.05) is 32.9 Å². The van der Waals surface area contributed by atoms with Crippen molar-refractivity contribution in [3.05, 3.63) is 47.8 Å². The molecule has 1 aliphatic carbocycles. The summed E-state index contributed by atoms with van der Waals surface area (Å²) in [7, 11) is 1.70. The molecule has 3 rings (SSSR count). The fourth-order valence-electron chi connectivity index (χ4n) is 4.44. The van der Waals surface area contributed by atoms with Crippen LogP contribution in [0.3, 0.4) is 0 Å². The van der Waals surface area contributed by atoms with Crippen LogP contribution in [0.4, 0.5) is 4.79 Å². The third-order valence-corrected chi connectivity index (χ3v) is 6.13. The number of pyridine rings is 1. The number of nitrogens with zero attached hydrogens (tertiary/aromatic N) is 2. The summed E-state index contributed by atoms with van der Waals surface area (Å²) in [6, 6.07) is 10.8. The standard InChI is InChI=1S/C26H37N3O3/c1-18-6-7-20(15-27-18)19-8-13-24(32-5)21(14-19)16-28-22-9-11-23(12-10-22)29(25(30)31)17-26(2,3)4/h6-8,13-15,22-23,28H,9-12,16-17H2,1-5H3,(H,30,31). The Morgan fingerprint density at radius 1 is 1.16 bits per heavy atom. The Balaban J connectivity index is 1.61. The molecule has 2 N–H and O–H groups in total. The highest BCUT2D eigenvalue weighted by Gasteiger charge is 2.31. The molecule has 6 heteroatoms. The van der Waals surface area contributed by atoms with Crippen molar-refractivity contribution in [3.63, 3.8) is 0 Å². The van der Waals surface area contributed by atoms with E-state index in [0.717, 1.165) is 60.4 Å². The van der Waals surface area contributed by atoms with Crippen LogP contribution in [0.5, 0.6) is 5.75 Å². The van der Waals surface area contributed by atoms with Crippen LogP contribution in [0.25, 0.3) is 11.1 Å². The molecule has 1 aromatic carbocycles. The van der Waals surface area contributed by atoms with Gasteiger partial charge in [-0.15, -0.1) is 0 Å². The Morgan fingerprint density at radius 3 is 2.41 bits per heavy atom. The highest BCUT2D eigenvalue weighted by atomic mass is 16.5. The zero-order valence-corrected chi connectivity index (χ0v) is 20.0. The highest BCUT2D eigenvalue weighted by molar-refractivity contribution is 5.66. The summed E-state index contributed by atoms with van der Waals surface area (Å²) in [4.78, 5) is 17.9. The second-order valence-corrected chi connectivity index (χ2v) is 10.1. The van der Waals surface area contributed by atoms with Crippen molar-refractivity contribution in [2.75, 3.05) is 13.7 Å². The van der Waals surface area contributed by atoms with E-state index >= 15 is 0 Å². The van der Waals surface area contributed by atoms with E-state index in [9.17, 15) is 9.90 Å². The molecule has 6 nitrogen and oxygen atoms in total. The summed E-state index contributed by atoms with van der Waals surface area (Å²) in [5.74, 6) is 0.872. The van der Waals surface area contributed by atoms with E-state index in [4.69, 9.17) is 4.74 Å². The van der Waals surface area contributed by atoms with Gasteiger partial charge in [0, 0.05) is 48.2 Å². The Kier molecular flexibility index (Phi) is 7.77. The first-order chi connectivity index (χ1) is 15.2. The van der Waals surface area contributed by atoms with Crippen molar-refractivity contribution < 1.29 is 14.6 Å². The predicted octanol–water partition coefficient (Wildman–Crippen LogP) is 5.49. The van der Waals surface area contributed by atoms with Crippen LogP contribution in [-0.2, 0) is 6.54 Å². The van der Waals surface area contributed by atoms with Crippen molar-refractivity contribution in [1.29, 1.82) is 0 Å². The fraction of sp³-hybridized carbons (Fsp3) is 0.538. The summed E-state index contributed by atoms with van der Waals surface area (Å²) in [5, 5.41) is 13.4. The lowest BCUT2D eigenvalue weighted by molar-refractivity contribution is 0.0847. The van der Waals surface area contributed by atoms with Crippen LogP contribution in [-0.4, -0.2) is 46.8 Å². The van der Waals surface area contributed by atoms with Crippen molar-refractivity contribution in [2.24, 2.45) is 5.41 Å². The lowest BCUT2D eigenvalue weighted by Gasteiger charge is -2.38. The Bertz CT molecular complexity index is 898. The van der Waals surface area contributed by atoms with Gasteiger partial charge in [-0.05, 0) is 61.8 Å². The molecule has 1 amide bonds. The monoisotopic (exact) mass is 439 g/mol. The normalized spacial score (nSPS) is 18.9. The zero-order chi connectivity index (χ0) is 23.3. The number of ether oxygens (including phenoxy) is 1. The van der Waals surface area contributed by atoms with Gasteiger partial charge in [0.1, 0.15) is 5.75 Å². The molecule has 0 spiro atoms. The largest absolute Gasteiger partial charge is 0.496 e. The van der Waals surface area contributed by atoms with Crippen molar-refractivity contribution in [1.82, 2.24) is 15.2 Å². The number of hydrogen-bond donors (Lipinski definition) is 2. The number of hydrogen-bond acceptors (Lipinski definition) is 4. The number of carboxylic acid groups (broad SMARTS) is 1. The van der Waals surface area contributed by atoms with Gasteiger partial charge in [0.2, 0.25) is 0 Å². The maximum absolute atomic E-state index is 11.8. The number of rotatable bonds is 7. The number of benzene rings is 1. The number of nitrogens with one attached hydrogen (secondary N) is 1. The summed E-state index contributed by atoms with van der Waals surface area (Å²) < 4.78 is 5.59. The second kappa shape index (κ2) is 10.3. The van der Waals surface area contributed by atoms with Crippen molar-refractivity contribution in [2.45, 2.75) is 72.0 Å². The van der Waals surface area contributed by atoms with Crippen LogP contribution >= 0.6 is 0 Å². The fourth-order valence-corrected chi connectivity index (χ4v) is 4.44. The number of aromatic nitrogens is 1. The molecule has 32 heavy (non-hydrogen) atoms. The Morgan fingerprint density at radius 2 is 1.84 bits per heavy atom. The van der Waals surface area contributed by atoms with Crippen LogP contribution in [0.2, 0.25) is 0 Å². The van der Waals surface area contributed by atoms with E-state index in [1.165, 1.54) is 0 Å². The minimum atomic E-state index is -0.802. The molecular weight excluding hydrogens is 402 g/mol. The van der Waals surface area contributed by atoms with E-state index in [1.807, 2.05) is 25.3 Å². The van der Waals surface area contributed by atoms with Crippen molar-refractivity contribution >= 4 is 6.09 Å². The molecule has 174 valence electrons. The molecule has 0 atom stereocenters. The first-order valence-electron chi connectivity index (χ1n) is 11.5. The molecule has 1 saturated carbocycles. The van der Waals surface area contributed by atoms with Gasteiger partial charge < -0.3 is 20.1 Å². The van der Waals surface area contributed by atoms with Gasteiger partial charge >= 0.3 is 6.09 Å². The molecule has 1 heterocycles. The Hall–Kier alpha value is -2.60. The quantitative estimate of drug-likeness (QED) is 0.596. The summed E-state index contributed by atoms with van der Waals surface area (Å²) in [5.41, 5.74) is 4.30. The Labute approximate surface area is 192 Å². The van der Waals surface area contributed by atoms with Gasteiger partial charge in [-0.3, -0.25) is 4.98 Å². The van der Waals surface area contributed by atoms with Crippen LogP contribution in [0.1, 0.15) is 57.7 Å².